The second-order valence-electron chi connectivity index (χ2n) is 4.49. The summed E-state index contributed by atoms with van der Waals surface area (Å²) in [5.74, 6) is -0.176. The first-order valence-corrected chi connectivity index (χ1v) is 8.18. The van der Waals surface area contributed by atoms with Gasteiger partial charge in [0.25, 0.3) is 0 Å². The molecule has 1 aromatic carbocycles. The highest BCUT2D eigenvalue weighted by atomic mass is 35.5. The summed E-state index contributed by atoms with van der Waals surface area (Å²) >= 11 is 6.14. The van der Waals surface area contributed by atoms with Crippen molar-refractivity contribution in [3.8, 4) is 0 Å². The van der Waals surface area contributed by atoms with Crippen molar-refractivity contribution in [3.63, 3.8) is 0 Å². The second-order valence-corrected chi connectivity index (χ2v) is 6.86. The Morgan fingerprint density at radius 2 is 1.90 bits per heavy atom. The monoisotopic (exact) mass is 313 g/mol. The van der Waals surface area contributed by atoms with Crippen LogP contribution >= 0.6 is 11.6 Å². The first-order valence-electron chi connectivity index (χ1n) is 6.15. The molecule has 2 rings (SSSR count). The van der Waals surface area contributed by atoms with E-state index in [1.165, 1.54) is 12.1 Å². The van der Waals surface area contributed by atoms with Crippen molar-refractivity contribution in [3.05, 3.63) is 40.7 Å². The van der Waals surface area contributed by atoms with Crippen molar-refractivity contribution in [2.24, 2.45) is 0 Å². The number of aromatic nitrogens is 2. The lowest BCUT2D eigenvalue weighted by atomic mass is 10.3. The van der Waals surface area contributed by atoms with Gasteiger partial charge in [-0.25, -0.2) is 8.42 Å². The molecular weight excluding hydrogens is 298 g/mol. The van der Waals surface area contributed by atoms with E-state index in [2.05, 4.69) is 5.10 Å². The van der Waals surface area contributed by atoms with Crippen molar-refractivity contribution in [1.82, 2.24) is 9.78 Å². The molecule has 0 amide bonds. The third kappa shape index (κ3) is 2.81. The van der Waals surface area contributed by atoms with Gasteiger partial charge in [-0.1, -0.05) is 11.6 Å². The van der Waals surface area contributed by atoms with Crippen LogP contribution in [0.1, 0.15) is 18.3 Å². The number of nitrogen functional groups attached to an aromatic ring is 1. The fourth-order valence-electron chi connectivity index (χ4n) is 1.95. The average Bonchev–Trinajstić information content (AvgIpc) is 2.66. The Balaban J connectivity index is 2.40. The second kappa shape index (κ2) is 5.46. The van der Waals surface area contributed by atoms with Crippen LogP contribution in [0, 0.1) is 6.92 Å². The van der Waals surface area contributed by atoms with Crippen LogP contribution in [0.25, 0.3) is 0 Å². The van der Waals surface area contributed by atoms with Gasteiger partial charge in [0.1, 0.15) is 0 Å². The highest BCUT2D eigenvalue weighted by Crippen LogP contribution is 2.25. The van der Waals surface area contributed by atoms with Gasteiger partial charge in [0.15, 0.2) is 9.84 Å². The van der Waals surface area contributed by atoms with Crippen molar-refractivity contribution in [2.75, 3.05) is 5.73 Å². The molecule has 1 aromatic heterocycles. The van der Waals surface area contributed by atoms with E-state index in [9.17, 15) is 8.42 Å². The molecule has 0 aliphatic carbocycles. The van der Waals surface area contributed by atoms with Crippen molar-refractivity contribution < 1.29 is 8.42 Å². The highest BCUT2D eigenvalue weighted by Gasteiger charge is 2.21. The van der Waals surface area contributed by atoms with E-state index in [-0.39, 0.29) is 10.6 Å². The molecule has 0 unspecified atom stereocenters. The number of aryl methyl sites for hydroxylation is 2. The van der Waals surface area contributed by atoms with E-state index in [0.717, 1.165) is 0 Å². The number of anilines is 1. The maximum absolute atomic E-state index is 12.4. The Kier molecular flexibility index (Phi) is 4.06. The van der Waals surface area contributed by atoms with Gasteiger partial charge in [-0.2, -0.15) is 5.10 Å². The third-order valence-corrected chi connectivity index (χ3v) is 5.15. The predicted octanol–water partition coefficient (Wildman–Crippen LogP) is 2.42. The first kappa shape index (κ1) is 14.9. The lowest BCUT2D eigenvalue weighted by molar-refractivity contribution is 0.585. The van der Waals surface area contributed by atoms with Gasteiger partial charge in [-0.05, 0) is 38.1 Å². The molecule has 0 atom stereocenters. The molecule has 0 fully saturated rings. The number of rotatable bonds is 4. The normalized spacial score (nSPS) is 11.8. The van der Waals surface area contributed by atoms with Gasteiger partial charge in [0.2, 0.25) is 0 Å². The predicted molar refractivity (Wildman–Crippen MR) is 79.4 cm³/mol. The summed E-state index contributed by atoms with van der Waals surface area (Å²) in [5.41, 5.74) is 7.24. The molecule has 0 bridgehead atoms. The van der Waals surface area contributed by atoms with Gasteiger partial charge in [0.05, 0.1) is 27.1 Å². The average molecular weight is 314 g/mol. The van der Waals surface area contributed by atoms with E-state index in [4.69, 9.17) is 17.3 Å². The van der Waals surface area contributed by atoms with Crippen LogP contribution in [0.2, 0.25) is 5.02 Å². The minimum absolute atomic E-state index is 0.176. The molecule has 108 valence electrons. The maximum Gasteiger partial charge on any atom is 0.184 e. The van der Waals surface area contributed by atoms with Crippen molar-refractivity contribution in [2.45, 2.75) is 31.0 Å². The molecule has 0 spiro atoms. The van der Waals surface area contributed by atoms with E-state index < -0.39 is 9.84 Å². The van der Waals surface area contributed by atoms with Gasteiger partial charge in [0, 0.05) is 12.2 Å². The Bertz CT molecular complexity index is 721. The molecule has 2 aromatic rings. The smallest absolute Gasteiger partial charge is 0.184 e. The molecule has 5 nitrogen and oxygen atoms in total. The molecule has 0 aliphatic heterocycles. The Hall–Kier alpha value is -1.53. The summed E-state index contributed by atoms with van der Waals surface area (Å²) in [5, 5.41) is 4.63. The minimum Gasteiger partial charge on any atom is -0.399 e. The zero-order chi connectivity index (χ0) is 14.9. The number of nitrogens with two attached hydrogens (primary N) is 1. The number of hydrogen-bond donors (Lipinski definition) is 1. The lowest BCUT2D eigenvalue weighted by Crippen LogP contribution is -2.11. The molecule has 20 heavy (non-hydrogen) atoms. The van der Waals surface area contributed by atoms with Gasteiger partial charge >= 0.3 is 0 Å². The molecule has 2 N–H and O–H groups in total. The topological polar surface area (TPSA) is 78.0 Å². The van der Waals surface area contributed by atoms with Gasteiger partial charge in [-0.3, -0.25) is 4.68 Å². The molecule has 0 saturated carbocycles. The molecule has 0 aliphatic rings. The van der Waals surface area contributed by atoms with E-state index >= 15 is 0 Å². The fraction of sp³-hybridized carbons (Fsp3) is 0.308. The summed E-state index contributed by atoms with van der Waals surface area (Å²) in [7, 11) is -3.47. The largest absolute Gasteiger partial charge is 0.399 e. The first-order chi connectivity index (χ1) is 9.35. The Labute approximate surface area is 123 Å². The van der Waals surface area contributed by atoms with E-state index in [1.54, 1.807) is 23.7 Å². The summed E-state index contributed by atoms with van der Waals surface area (Å²) < 4.78 is 26.4. The summed E-state index contributed by atoms with van der Waals surface area (Å²) in [4.78, 5) is 0.226. The molecule has 1 heterocycles. The lowest BCUT2D eigenvalue weighted by Gasteiger charge is -2.07. The summed E-state index contributed by atoms with van der Waals surface area (Å²) in [6.45, 7) is 4.22. The zero-order valence-corrected chi connectivity index (χ0v) is 12.9. The molecule has 0 saturated heterocycles. The number of sulfone groups is 1. The molecule has 0 radical (unpaired) electrons. The highest BCUT2D eigenvalue weighted by molar-refractivity contribution is 7.90. The minimum atomic E-state index is -3.47. The number of nitrogens with zero attached hydrogens (tertiary/aromatic N) is 2. The van der Waals surface area contributed by atoms with Crippen LogP contribution in [-0.4, -0.2) is 18.2 Å². The number of benzene rings is 1. The van der Waals surface area contributed by atoms with Gasteiger partial charge in [-0.15, -0.1) is 0 Å². The maximum atomic E-state index is 12.4. The van der Waals surface area contributed by atoms with E-state index in [1.807, 2.05) is 6.92 Å². The van der Waals surface area contributed by atoms with Crippen LogP contribution < -0.4 is 5.73 Å². The summed E-state index contributed by atoms with van der Waals surface area (Å²) in [6.07, 6.45) is 0. The number of halogens is 1. The van der Waals surface area contributed by atoms with Crippen molar-refractivity contribution >= 4 is 27.1 Å². The van der Waals surface area contributed by atoms with Crippen LogP contribution in [0.4, 0.5) is 5.69 Å². The molecular formula is C13H16ClN3O2S. The van der Waals surface area contributed by atoms with Crippen LogP contribution in [0.3, 0.4) is 0 Å². The van der Waals surface area contributed by atoms with Crippen molar-refractivity contribution in [1.29, 1.82) is 0 Å². The fourth-order valence-corrected chi connectivity index (χ4v) is 3.60. The van der Waals surface area contributed by atoms with Gasteiger partial charge < -0.3 is 5.73 Å². The number of hydrogen-bond acceptors (Lipinski definition) is 4. The molecule has 7 heteroatoms. The standard InChI is InChI=1S/C13H16ClN3O2S/c1-3-17-12(13(14)9(2)16-17)8-20(18,19)11-6-4-10(15)5-7-11/h4-7H,3,8,15H2,1-2H3. The third-order valence-electron chi connectivity index (χ3n) is 3.02. The SMILES string of the molecule is CCn1nc(C)c(Cl)c1CS(=O)(=O)c1ccc(N)cc1. The zero-order valence-electron chi connectivity index (χ0n) is 11.3. The van der Waals surface area contributed by atoms with Crippen LogP contribution in [-0.2, 0) is 22.1 Å². The van der Waals surface area contributed by atoms with Crippen LogP contribution in [0.5, 0.6) is 0 Å². The Morgan fingerprint density at radius 1 is 1.30 bits per heavy atom. The quantitative estimate of drug-likeness (QED) is 0.879. The van der Waals surface area contributed by atoms with E-state index in [0.29, 0.717) is 28.6 Å². The van der Waals surface area contributed by atoms with Crippen LogP contribution in [0.15, 0.2) is 29.2 Å². The summed E-state index contributed by atoms with van der Waals surface area (Å²) in [6, 6.07) is 6.13. The Morgan fingerprint density at radius 3 is 2.45 bits per heavy atom.